The standard InChI is InChI=1S/C26H32O4/c1-25-13-12-22-20(8-7-18-15-19(28)11-14-26(18,22)16-27)21(25)9-10-23(25)30-24(29)17-5-3-2-4-6-17/h2-6,15,20-23,27H,7-14,16H2,1H3/t20-,21-,22-,23+,25+,26-/m1/s1. The lowest BCUT2D eigenvalue weighted by Gasteiger charge is -2.58. The Morgan fingerprint density at radius 1 is 1.07 bits per heavy atom. The van der Waals surface area contributed by atoms with Crippen molar-refractivity contribution >= 4 is 11.8 Å². The second-order valence-electron chi connectivity index (χ2n) is 10.2. The van der Waals surface area contributed by atoms with Gasteiger partial charge in [0.25, 0.3) is 0 Å². The number of carbonyl (C=O) groups excluding carboxylic acids is 2. The van der Waals surface area contributed by atoms with Crippen LogP contribution in [-0.4, -0.2) is 29.6 Å². The molecule has 3 saturated carbocycles. The first-order valence-electron chi connectivity index (χ1n) is 11.6. The molecule has 0 heterocycles. The van der Waals surface area contributed by atoms with Crippen LogP contribution in [0.4, 0.5) is 0 Å². The predicted octanol–water partition coefficient (Wildman–Crippen LogP) is 4.72. The fraction of sp³-hybridized carbons (Fsp3) is 0.615. The maximum absolute atomic E-state index is 12.7. The van der Waals surface area contributed by atoms with Gasteiger partial charge < -0.3 is 9.84 Å². The lowest BCUT2D eigenvalue weighted by atomic mass is 9.47. The van der Waals surface area contributed by atoms with Gasteiger partial charge in [0.1, 0.15) is 6.10 Å². The highest BCUT2D eigenvalue weighted by molar-refractivity contribution is 5.91. The number of benzene rings is 1. The number of aliphatic hydroxyl groups is 1. The molecule has 0 amide bonds. The van der Waals surface area contributed by atoms with Crippen LogP contribution in [0.25, 0.3) is 0 Å². The molecular weight excluding hydrogens is 376 g/mol. The van der Waals surface area contributed by atoms with Crippen molar-refractivity contribution in [3.05, 3.63) is 47.5 Å². The molecule has 0 saturated heterocycles. The van der Waals surface area contributed by atoms with E-state index in [0.29, 0.717) is 29.7 Å². The van der Waals surface area contributed by atoms with Gasteiger partial charge in [-0.1, -0.05) is 30.7 Å². The molecule has 0 bridgehead atoms. The van der Waals surface area contributed by atoms with Crippen molar-refractivity contribution in [2.24, 2.45) is 28.6 Å². The maximum Gasteiger partial charge on any atom is 0.338 e. The van der Waals surface area contributed by atoms with Gasteiger partial charge in [-0.05, 0) is 80.9 Å². The molecule has 0 aromatic heterocycles. The van der Waals surface area contributed by atoms with Gasteiger partial charge in [-0.25, -0.2) is 4.79 Å². The Bertz CT molecular complexity index is 874. The molecule has 4 aliphatic rings. The zero-order valence-corrected chi connectivity index (χ0v) is 17.8. The average molecular weight is 409 g/mol. The fourth-order valence-electron chi connectivity index (χ4n) is 7.57. The monoisotopic (exact) mass is 408 g/mol. The van der Waals surface area contributed by atoms with Gasteiger partial charge in [0.2, 0.25) is 0 Å². The quantitative estimate of drug-likeness (QED) is 0.736. The van der Waals surface area contributed by atoms with Gasteiger partial charge in [0.15, 0.2) is 5.78 Å². The van der Waals surface area contributed by atoms with Gasteiger partial charge in [-0.2, -0.15) is 0 Å². The highest BCUT2D eigenvalue weighted by Gasteiger charge is 2.61. The van der Waals surface area contributed by atoms with Crippen LogP contribution in [0.3, 0.4) is 0 Å². The number of ketones is 1. The van der Waals surface area contributed by atoms with Crippen LogP contribution in [-0.2, 0) is 9.53 Å². The summed E-state index contributed by atoms with van der Waals surface area (Å²) in [5.74, 6) is 1.52. The van der Waals surface area contributed by atoms with Crippen LogP contribution in [0.2, 0.25) is 0 Å². The van der Waals surface area contributed by atoms with Crippen LogP contribution in [0.1, 0.15) is 68.6 Å². The number of hydrogen-bond donors (Lipinski definition) is 1. The van der Waals surface area contributed by atoms with E-state index in [0.717, 1.165) is 44.9 Å². The lowest BCUT2D eigenvalue weighted by Crippen LogP contribution is -2.53. The molecule has 1 N–H and O–H groups in total. The fourth-order valence-corrected chi connectivity index (χ4v) is 7.57. The van der Waals surface area contributed by atoms with Crippen LogP contribution in [0.5, 0.6) is 0 Å². The van der Waals surface area contributed by atoms with Crippen molar-refractivity contribution in [1.82, 2.24) is 0 Å². The average Bonchev–Trinajstić information content (AvgIpc) is 3.10. The Morgan fingerprint density at radius 3 is 2.63 bits per heavy atom. The summed E-state index contributed by atoms with van der Waals surface area (Å²) in [4.78, 5) is 24.7. The van der Waals surface area contributed by atoms with Gasteiger partial charge in [-0.3, -0.25) is 4.79 Å². The Kier molecular flexibility index (Phi) is 4.89. The first kappa shape index (κ1) is 20.0. The third kappa shape index (κ3) is 2.90. The molecule has 0 aliphatic heterocycles. The van der Waals surface area contributed by atoms with Gasteiger partial charge in [-0.15, -0.1) is 0 Å². The summed E-state index contributed by atoms with van der Waals surface area (Å²) in [5, 5.41) is 10.5. The topological polar surface area (TPSA) is 63.6 Å². The summed E-state index contributed by atoms with van der Waals surface area (Å²) >= 11 is 0. The zero-order chi connectivity index (χ0) is 20.9. The van der Waals surface area contributed by atoms with Crippen molar-refractivity contribution in [2.45, 2.75) is 64.4 Å². The third-order valence-corrected chi connectivity index (χ3v) is 9.14. The maximum atomic E-state index is 12.7. The number of aliphatic hydroxyl groups excluding tert-OH is 1. The van der Waals surface area contributed by atoms with Crippen molar-refractivity contribution in [2.75, 3.05) is 6.61 Å². The first-order chi connectivity index (χ1) is 14.5. The van der Waals surface area contributed by atoms with Crippen LogP contribution in [0.15, 0.2) is 42.0 Å². The molecule has 1 aromatic rings. The summed E-state index contributed by atoms with van der Waals surface area (Å²) < 4.78 is 6.08. The van der Waals surface area contributed by atoms with Gasteiger partial charge in [0, 0.05) is 17.3 Å². The summed E-state index contributed by atoms with van der Waals surface area (Å²) in [7, 11) is 0. The minimum absolute atomic E-state index is 0.00789. The van der Waals surface area contributed by atoms with Crippen LogP contribution in [0, 0.1) is 28.6 Å². The Balaban J connectivity index is 1.38. The Labute approximate surface area is 178 Å². The molecular formula is C26H32O4. The Morgan fingerprint density at radius 2 is 1.87 bits per heavy atom. The molecule has 6 atom stereocenters. The Hall–Kier alpha value is -1.94. The van der Waals surface area contributed by atoms with E-state index in [1.54, 1.807) is 0 Å². The number of fused-ring (bicyclic) bond motifs is 5. The third-order valence-electron chi connectivity index (χ3n) is 9.14. The van der Waals surface area contributed by atoms with Crippen molar-refractivity contribution in [3.63, 3.8) is 0 Å². The van der Waals surface area contributed by atoms with E-state index in [4.69, 9.17) is 4.74 Å². The van der Waals surface area contributed by atoms with Crippen molar-refractivity contribution in [1.29, 1.82) is 0 Å². The lowest BCUT2D eigenvalue weighted by molar-refractivity contribution is -0.120. The summed E-state index contributed by atoms with van der Waals surface area (Å²) in [5.41, 5.74) is 1.64. The van der Waals surface area contributed by atoms with Crippen molar-refractivity contribution < 1.29 is 19.4 Å². The number of carbonyl (C=O) groups is 2. The van der Waals surface area contributed by atoms with E-state index in [2.05, 4.69) is 6.92 Å². The predicted molar refractivity (Wildman–Crippen MR) is 114 cm³/mol. The van der Waals surface area contributed by atoms with E-state index in [-0.39, 0.29) is 35.3 Å². The molecule has 1 aromatic carbocycles. The SMILES string of the molecule is C[C@]12CC[C@@H]3[C@H](CCC4=CC(=O)CC[C@@]43CO)[C@H]1CC[C@@H]2OC(=O)c1ccccc1. The molecule has 30 heavy (non-hydrogen) atoms. The second-order valence-corrected chi connectivity index (χ2v) is 10.2. The zero-order valence-electron chi connectivity index (χ0n) is 17.8. The largest absolute Gasteiger partial charge is 0.458 e. The molecule has 4 heteroatoms. The number of ether oxygens (including phenoxy) is 1. The molecule has 4 aliphatic carbocycles. The summed E-state index contributed by atoms with van der Waals surface area (Å²) in [6, 6.07) is 9.29. The highest BCUT2D eigenvalue weighted by Crippen LogP contribution is 2.65. The number of rotatable bonds is 3. The second kappa shape index (κ2) is 7.33. The minimum Gasteiger partial charge on any atom is -0.458 e. The van der Waals surface area contributed by atoms with Gasteiger partial charge in [0.05, 0.1) is 12.2 Å². The summed E-state index contributed by atoms with van der Waals surface area (Å²) in [6.07, 6.45) is 9.27. The smallest absolute Gasteiger partial charge is 0.338 e. The van der Waals surface area contributed by atoms with E-state index in [1.807, 2.05) is 36.4 Å². The molecule has 5 rings (SSSR count). The van der Waals surface area contributed by atoms with E-state index in [9.17, 15) is 14.7 Å². The van der Waals surface area contributed by atoms with E-state index >= 15 is 0 Å². The molecule has 3 fully saturated rings. The molecule has 0 radical (unpaired) electrons. The number of hydrogen-bond acceptors (Lipinski definition) is 4. The van der Waals surface area contributed by atoms with E-state index in [1.165, 1.54) is 5.57 Å². The number of esters is 1. The highest BCUT2D eigenvalue weighted by atomic mass is 16.5. The van der Waals surface area contributed by atoms with E-state index < -0.39 is 0 Å². The first-order valence-corrected chi connectivity index (χ1v) is 11.6. The van der Waals surface area contributed by atoms with Crippen LogP contribution < -0.4 is 0 Å². The molecule has 4 nitrogen and oxygen atoms in total. The van der Waals surface area contributed by atoms with Crippen molar-refractivity contribution in [3.8, 4) is 0 Å². The molecule has 0 spiro atoms. The minimum atomic E-state index is -0.212. The van der Waals surface area contributed by atoms with Gasteiger partial charge >= 0.3 is 5.97 Å². The summed E-state index contributed by atoms with van der Waals surface area (Å²) in [6.45, 7) is 2.48. The van der Waals surface area contributed by atoms with Crippen LogP contribution >= 0.6 is 0 Å². The normalized spacial score (nSPS) is 40.1. The molecule has 0 unspecified atom stereocenters. The molecule has 160 valence electrons.